The van der Waals surface area contributed by atoms with Crippen LogP contribution < -0.4 is 9.80 Å². The minimum atomic E-state index is -0.500. The molecule has 9 aromatic rings. The summed E-state index contributed by atoms with van der Waals surface area (Å²) >= 11 is 0. The van der Waals surface area contributed by atoms with E-state index in [9.17, 15) is 0 Å². The summed E-state index contributed by atoms with van der Waals surface area (Å²) in [6.07, 6.45) is 11.4. The summed E-state index contributed by atoms with van der Waals surface area (Å²) in [5.41, 5.74) is 21.6. The van der Waals surface area contributed by atoms with Crippen LogP contribution in [0.3, 0.4) is 0 Å². The number of hydrogen-bond acceptors (Lipinski definition) is 2. The zero-order chi connectivity index (χ0) is 48.0. The Morgan fingerprint density at radius 1 is 0.444 bits per heavy atom. The van der Waals surface area contributed by atoms with Crippen LogP contribution in [0.4, 0.5) is 28.4 Å². The number of fused-ring (bicyclic) bond motifs is 10. The van der Waals surface area contributed by atoms with Crippen molar-refractivity contribution >= 4 is 34.5 Å². The summed E-state index contributed by atoms with van der Waals surface area (Å²) in [6.45, 7) is 5.00. The predicted molar refractivity (Wildman–Crippen MR) is 300 cm³/mol. The Morgan fingerprint density at radius 2 is 1.00 bits per heavy atom. The van der Waals surface area contributed by atoms with Gasteiger partial charge in [-0.05, 0) is 165 Å². The summed E-state index contributed by atoms with van der Waals surface area (Å²) in [5.74, 6) is 2.63. The lowest BCUT2D eigenvalue weighted by molar-refractivity contribution is 0.0780. The summed E-state index contributed by atoms with van der Waals surface area (Å²) < 4.78 is 0. The zero-order valence-corrected chi connectivity index (χ0v) is 41.3. The maximum absolute atomic E-state index is 2.62. The fraction of sp³-hybridized carbons (Fsp3) is 0.200. The number of rotatable bonds is 8. The van der Waals surface area contributed by atoms with E-state index >= 15 is 0 Å². The van der Waals surface area contributed by atoms with E-state index in [1.807, 2.05) is 0 Å². The molecule has 9 aromatic carbocycles. The summed E-state index contributed by atoms with van der Waals surface area (Å²) in [4.78, 5) is 5.14. The first-order chi connectivity index (χ1) is 35.5. The lowest BCUT2D eigenvalue weighted by Gasteiger charge is -2.50. The second kappa shape index (κ2) is 17.0. The Labute approximate surface area is 426 Å². The van der Waals surface area contributed by atoms with E-state index in [-0.39, 0.29) is 17.4 Å². The number of anilines is 5. The molecule has 1 aliphatic heterocycles. The van der Waals surface area contributed by atoms with Crippen LogP contribution in [-0.4, -0.2) is 0 Å². The average Bonchev–Trinajstić information content (AvgIpc) is 3.92. The second-order valence-electron chi connectivity index (χ2n) is 22.0. The highest BCUT2D eigenvalue weighted by Crippen LogP contribution is 2.60. The van der Waals surface area contributed by atoms with Gasteiger partial charge in [-0.1, -0.05) is 202 Å². The Balaban J connectivity index is 0.918. The number of hydrogen-bond donors (Lipinski definition) is 0. The lowest BCUT2D eigenvalue weighted by atomic mass is 9.54. The number of nitrogens with zero attached hydrogens (tertiary/aromatic N) is 2. The third-order valence-corrected chi connectivity index (χ3v) is 17.6. The zero-order valence-electron chi connectivity index (χ0n) is 41.3. The molecule has 14 rings (SSSR count). The van der Waals surface area contributed by atoms with Crippen molar-refractivity contribution in [3.05, 3.63) is 275 Å². The molecule has 2 heteroatoms. The van der Waals surface area contributed by atoms with Crippen LogP contribution in [0.2, 0.25) is 0 Å². The third-order valence-electron chi connectivity index (χ3n) is 17.6. The van der Waals surface area contributed by atoms with Gasteiger partial charge in [0.05, 0.1) is 11.5 Å². The van der Waals surface area contributed by atoms with Gasteiger partial charge in [-0.3, -0.25) is 0 Å². The molecule has 0 radical (unpaired) electrons. The first kappa shape index (κ1) is 43.1. The Hall–Kier alpha value is -7.68. The van der Waals surface area contributed by atoms with Crippen molar-refractivity contribution in [1.82, 2.24) is 0 Å². The van der Waals surface area contributed by atoms with Crippen LogP contribution in [0.15, 0.2) is 231 Å². The van der Waals surface area contributed by atoms with Gasteiger partial charge >= 0.3 is 0 Å². The van der Waals surface area contributed by atoms with Crippen LogP contribution in [0.5, 0.6) is 0 Å². The number of benzene rings is 9. The largest absolute Gasteiger partial charge is 0.332 e. The highest BCUT2D eigenvalue weighted by molar-refractivity contribution is 5.91. The van der Waals surface area contributed by atoms with Crippen molar-refractivity contribution in [1.29, 1.82) is 0 Å². The molecular formula is C70H60N2. The van der Waals surface area contributed by atoms with E-state index in [1.165, 1.54) is 116 Å². The van der Waals surface area contributed by atoms with Gasteiger partial charge in [-0.25, -0.2) is 0 Å². The van der Waals surface area contributed by atoms with E-state index in [4.69, 9.17) is 0 Å². The van der Waals surface area contributed by atoms with E-state index in [2.05, 4.69) is 260 Å². The average molecular weight is 929 g/mol. The van der Waals surface area contributed by atoms with E-state index < -0.39 is 5.41 Å². The van der Waals surface area contributed by atoms with Gasteiger partial charge in [0.15, 0.2) is 0 Å². The normalized spacial score (nSPS) is 22.8. The van der Waals surface area contributed by atoms with Crippen LogP contribution in [0.25, 0.3) is 28.3 Å². The van der Waals surface area contributed by atoms with Crippen molar-refractivity contribution in [2.75, 3.05) is 9.80 Å². The molecule has 4 atom stereocenters. The molecule has 2 unspecified atom stereocenters. The van der Waals surface area contributed by atoms with Gasteiger partial charge in [-0.2, -0.15) is 0 Å². The second-order valence-corrected chi connectivity index (χ2v) is 22.0. The van der Waals surface area contributed by atoms with Gasteiger partial charge in [0.25, 0.3) is 0 Å². The van der Waals surface area contributed by atoms with Crippen molar-refractivity contribution in [2.45, 2.75) is 68.7 Å². The Bertz CT molecular complexity index is 3460. The van der Waals surface area contributed by atoms with Crippen LogP contribution in [0, 0.1) is 17.8 Å². The molecule has 2 saturated carbocycles. The maximum atomic E-state index is 2.62. The van der Waals surface area contributed by atoms with Crippen molar-refractivity contribution < 1.29 is 0 Å². The van der Waals surface area contributed by atoms with E-state index in [0.717, 1.165) is 29.1 Å². The summed E-state index contributed by atoms with van der Waals surface area (Å²) in [7, 11) is 0. The highest BCUT2D eigenvalue weighted by Gasteiger charge is 2.48. The molecular weight excluding hydrogens is 869 g/mol. The molecule has 4 aliphatic carbocycles. The summed E-state index contributed by atoms with van der Waals surface area (Å²) in [5, 5.41) is 0. The van der Waals surface area contributed by atoms with Gasteiger partial charge in [0.2, 0.25) is 0 Å². The minimum absolute atomic E-state index is 0.173. The number of para-hydroxylation sites is 2. The first-order valence-corrected chi connectivity index (χ1v) is 26.6. The molecule has 1 heterocycles. The molecule has 350 valence electrons. The van der Waals surface area contributed by atoms with E-state index in [0.29, 0.717) is 0 Å². The van der Waals surface area contributed by atoms with Crippen molar-refractivity contribution in [3.63, 3.8) is 0 Å². The molecule has 0 aromatic heterocycles. The molecule has 0 N–H and O–H groups in total. The van der Waals surface area contributed by atoms with Crippen LogP contribution in [0.1, 0.15) is 102 Å². The highest BCUT2D eigenvalue weighted by atomic mass is 15.2. The Kier molecular flexibility index (Phi) is 10.2. The molecule has 2 nitrogen and oxygen atoms in total. The minimum Gasteiger partial charge on any atom is -0.332 e. The van der Waals surface area contributed by atoms with E-state index in [1.54, 1.807) is 0 Å². The van der Waals surface area contributed by atoms with Gasteiger partial charge in [-0.15, -0.1) is 0 Å². The van der Waals surface area contributed by atoms with Crippen molar-refractivity contribution in [2.24, 2.45) is 17.8 Å². The summed E-state index contributed by atoms with van der Waals surface area (Å²) in [6, 6.07) is 85.3. The standard InChI is InChI=1S/C70H60N2/c1-47-41-49-42-48(2)45-69(44-47,46-49)52-32-36-56(37-33-52)71(57-38-40-61-60-24-11-14-26-64(60)70(65(61)43-57,53-18-5-3-6-19-53)54-20-7-4-8-21-54)55-34-29-51(30-35-55)58-22-12-15-27-66(58)72-67-28-16-13-25-62(67)63-39-31-50-17-9-10-23-59(50)68(63)72/h3-40,43,47-49,63,68H,41-42,44-46H2,1-2H3/t47-,48-,49?,63?,68?,69?/m0/s1. The maximum Gasteiger partial charge on any atom is 0.0714 e. The van der Waals surface area contributed by atoms with Crippen LogP contribution in [-0.2, 0) is 10.8 Å². The molecule has 0 spiro atoms. The Morgan fingerprint density at radius 3 is 1.71 bits per heavy atom. The topological polar surface area (TPSA) is 6.48 Å². The first-order valence-electron chi connectivity index (χ1n) is 26.6. The van der Waals surface area contributed by atoms with Gasteiger partial charge in [0, 0.05) is 39.9 Å². The monoisotopic (exact) mass is 928 g/mol. The molecule has 2 bridgehead atoms. The SMILES string of the molecule is C[C@H]1CC2C[C@H](C)CC(c3ccc(N(c4ccc(-c5ccccc5N5c6ccccc6C6C=Cc7ccccc7C65)cc4)c4ccc5c(c4)C(c4ccccc4)(c4ccccc4)c4ccccc4-5)cc3)(C2)C1. The molecule has 0 saturated heterocycles. The van der Waals surface area contributed by atoms with Gasteiger partial charge in [0.1, 0.15) is 0 Å². The van der Waals surface area contributed by atoms with Crippen LogP contribution >= 0.6 is 0 Å². The quantitative estimate of drug-likeness (QED) is 0.150. The molecule has 0 amide bonds. The third kappa shape index (κ3) is 6.68. The fourth-order valence-corrected chi connectivity index (χ4v) is 15.2. The fourth-order valence-electron chi connectivity index (χ4n) is 15.2. The molecule has 5 aliphatic rings. The van der Waals surface area contributed by atoms with Crippen molar-refractivity contribution in [3.8, 4) is 22.3 Å². The lowest BCUT2D eigenvalue weighted by Crippen LogP contribution is -2.42. The molecule has 2 fully saturated rings. The van der Waals surface area contributed by atoms with Gasteiger partial charge < -0.3 is 9.80 Å². The molecule has 72 heavy (non-hydrogen) atoms. The smallest absolute Gasteiger partial charge is 0.0714 e. The predicted octanol–water partition coefficient (Wildman–Crippen LogP) is 18.3.